The Bertz CT molecular complexity index is 269. The van der Waals surface area contributed by atoms with E-state index in [1.54, 1.807) is 13.1 Å². The predicted octanol–water partition coefficient (Wildman–Crippen LogP) is 1.38. The van der Waals surface area contributed by atoms with Crippen molar-refractivity contribution in [2.45, 2.75) is 20.8 Å². The summed E-state index contributed by atoms with van der Waals surface area (Å²) in [6.07, 6.45) is 1.56. The summed E-state index contributed by atoms with van der Waals surface area (Å²) in [5.74, 6) is 0.338. The van der Waals surface area contributed by atoms with Crippen LogP contribution in [-0.2, 0) is 4.79 Å². The molecule has 0 aromatic heterocycles. The molecule has 0 bridgehead atoms. The van der Waals surface area contributed by atoms with Crippen LogP contribution in [0.3, 0.4) is 0 Å². The van der Waals surface area contributed by atoms with Gasteiger partial charge in [-0.1, -0.05) is 13.5 Å². The Balaban J connectivity index is 3.99. The Morgan fingerprint density at radius 1 is 1.64 bits per heavy atom. The van der Waals surface area contributed by atoms with Crippen LogP contribution in [0.25, 0.3) is 0 Å². The van der Waals surface area contributed by atoms with Crippen LogP contribution in [0.15, 0.2) is 17.1 Å². The molecule has 1 amide bonds. The number of aliphatic imine (C=N–C) groups is 1. The summed E-state index contributed by atoms with van der Waals surface area (Å²) in [4.78, 5) is 14.4. The smallest absolute Gasteiger partial charge is 0.216 e. The van der Waals surface area contributed by atoms with Crippen molar-refractivity contribution in [2.75, 3.05) is 6.54 Å². The average Bonchev–Trinajstić information content (AvgIpc) is 2.09. The normalized spacial score (nSPS) is 12.5. The highest BCUT2D eigenvalue weighted by molar-refractivity contribution is 5.91. The van der Waals surface area contributed by atoms with Crippen LogP contribution in [0.1, 0.15) is 20.8 Å². The molecule has 2 N–H and O–H groups in total. The summed E-state index contributed by atoms with van der Waals surface area (Å²) < 4.78 is 0. The predicted molar refractivity (Wildman–Crippen MR) is 58.9 cm³/mol. The summed E-state index contributed by atoms with van der Waals surface area (Å²) in [6.45, 7) is 9.38. The number of rotatable bonds is 4. The van der Waals surface area contributed by atoms with Crippen molar-refractivity contribution in [1.29, 1.82) is 5.41 Å². The molecule has 1 atom stereocenters. The van der Waals surface area contributed by atoms with Crippen molar-refractivity contribution in [1.82, 2.24) is 5.32 Å². The molecule has 14 heavy (non-hydrogen) atoms. The van der Waals surface area contributed by atoms with E-state index in [4.69, 9.17) is 5.41 Å². The van der Waals surface area contributed by atoms with Gasteiger partial charge in [0.05, 0.1) is 0 Å². The second-order valence-corrected chi connectivity index (χ2v) is 3.26. The van der Waals surface area contributed by atoms with Crippen LogP contribution in [-0.4, -0.2) is 24.5 Å². The van der Waals surface area contributed by atoms with Gasteiger partial charge < -0.3 is 5.32 Å². The third kappa shape index (κ3) is 6.11. The fraction of sp³-hybridized carbons (Fsp3) is 0.500. The second-order valence-electron chi connectivity index (χ2n) is 3.26. The van der Waals surface area contributed by atoms with Gasteiger partial charge in [-0.25, -0.2) is 4.99 Å². The number of nitrogens with one attached hydrogen (secondary N) is 2. The Morgan fingerprint density at radius 2 is 2.21 bits per heavy atom. The van der Waals surface area contributed by atoms with Gasteiger partial charge in [-0.05, 0) is 18.4 Å². The maximum absolute atomic E-state index is 10.6. The summed E-state index contributed by atoms with van der Waals surface area (Å²) in [6, 6.07) is 0. The number of hydrogen-bond donors (Lipinski definition) is 2. The maximum Gasteiger partial charge on any atom is 0.216 e. The highest BCUT2D eigenvalue weighted by Crippen LogP contribution is 2.03. The fourth-order valence-corrected chi connectivity index (χ4v) is 0.735. The molecule has 4 heteroatoms. The van der Waals surface area contributed by atoms with E-state index in [0.29, 0.717) is 6.54 Å². The van der Waals surface area contributed by atoms with E-state index in [9.17, 15) is 4.79 Å². The van der Waals surface area contributed by atoms with Gasteiger partial charge in [-0.2, -0.15) is 0 Å². The van der Waals surface area contributed by atoms with Crippen LogP contribution in [0.4, 0.5) is 0 Å². The minimum absolute atomic E-state index is 0.0511. The van der Waals surface area contributed by atoms with Gasteiger partial charge in [0, 0.05) is 19.7 Å². The molecule has 0 aliphatic heterocycles. The molecule has 0 saturated carbocycles. The Morgan fingerprint density at radius 3 is 2.64 bits per heavy atom. The standard InChI is InChI=1S/C10H17N3O/c1-7(5-12-9(3)11)8(2)6-13-10(4)14/h5,8,11H,1,6H2,2-4H3,(H,13,14). The van der Waals surface area contributed by atoms with Gasteiger partial charge in [0.25, 0.3) is 0 Å². The molecular weight excluding hydrogens is 178 g/mol. The molecule has 0 aliphatic carbocycles. The largest absolute Gasteiger partial charge is 0.356 e. The molecule has 0 aromatic rings. The molecule has 0 rings (SSSR count). The molecule has 0 spiro atoms. The lowest BCUT2D eigenvalue weighted by molar-refractivity contribution is -0.119. The number of carbonyl (C=O) groups excluding carboxylic acids is 1. The zero-order chi connectivity index (χ0) is 11.1. The van der Waals surface area contributed by atoms with Crippen LogP contribution < -0.4 is 5.32 Å². The molecule has 0 aliphatic rings. The third-order valence-corrected chi connectivity index (χ3v) is 1.71. The number of hydrogen-bond acceptors (Lipinski definition) is 2. The van der Waals surface area contributed by atoms with Gasteiger partial charge in [-0.3, -0.25) is 10.2 Å². The first-order valence-electron chi connectivity index (χ1n) is 4.46. The molecule has 0 radical (unpaired) electrons. The van der Waals surface area contributed by atoms with E-state index in [-0.39, 0.29) is 17.7 Å². The zero-order valence-corrected chi connectivity index (χ0v) is 8.92. The first-order chi connectivity index (χ1) is 6.43. The van der Waals surface area contributed by atoms with Gasteiger partial charge >= 0.3 is 0 Å². The Hall–Kier alpha value is -1.45. The molecule has 4 nitrogen and oxygen atoms in total. The first-order valence-corrected chi connectivity index (χ1v) is 4.46. The van der Waals surface area contributed by atoms with Crippen LogP contribution in [0.5, 0.6) is 0 Å². The van der Waals surface area contributed by atoms with Gasteiger partial charge in [0.1, 0.15) is 5.84 Å². The van der Waals surface area contributed by atoms with Gasteiger partial charge in [0.2, 0.25) is 5.91 Å². The Kier molecular flexibility index (Phi) is 5.44. The minimum Gasteiger partial charge on any atom is -0.356 e. The van der Waals surface area contributed by atoms with Crippen molar-refractivity contribution in [2.24, 2.45) is 10.9 Å². The number of carbonyl (C=O) groups is 1. The minimum atomic E-state index is -0.0511. The fourth-order valence-electron chi connectivity index (χ4n) is 0.735. The van der Waals surface area contributed by atoms with E-state index in [1.807, 2.05) is 6.92 Å². The van der Waals surface area contributed by atoms with Gasteiger partial charge in [-0.15, -0.1) is 0 Å². The zero-order valence-electron chi connectivity index (χ0n) is 8.92. The number of amidine groups is 1. The molecule has 0 heterocycles. The molecular formula is C10H17N3O. The van der Waals surface area contributed by atoms with Gasteiger partial charge in [0.15, 0.2) is 0 Å². The highest BCUT2D eigenvalue weighted by atomic mass is 16.1. The SMILES string of the molecule is C=C(C=NC(C)=N)C(C)CNC(C)=O. The van der Waals surface area contributed by atoms with E-state index >= 15 is 0 Å². The lowest BCUT2D eigenvalue weighted by atomic mass is 10.0. The highest BCUT2D eigenvalue weighted by Gasteiger charge is 2.04. The van der Waals surface area contributed by atoms with E-state index in [2.05, 4.69) is 16.9 Å². The molecule has 1 unspecified atom stereocenters. The monoisotopic (exact) mass is 195 g/mol. The topological polar surface area (TPSA) is 65.3 Å². The van der Waals surface area contributed by atoms with Crippen LogP contribution in [0, 0.1) is 11.3 Å². The number of nitrogens with zero attached hydrogens (tertiary/aromatic N) is 1. The van der Waals surface area contributed by atoms with Crippen molar-refractivity contribution in [3.63, 3.8) is 0 Å². The summed E-state index contributed by atoms with van der Waals surface area (Å²) in [7, 11) is 0. The average molecular weight is 195 g/mol. The lowest BCUT2D eigenvalue weighted by Crippen LogP contribution is -2.26. The molecule has 78 valence electrons. The number of amides is 1. The van der Waals surface area contributed by atoms with Crippen molar-refractivity contribution >= 4 is 18.0 Å². The van der Waals surface area contributed by atoms with Crippen molar-refractivity contribution < 1.29 is 4.79 Å². The Labute approximate surface area is 84.6 Å². The summed E-state index contributed by atoms with van der Waals surface area (Å²) in [5.41, 5.74) is 0.811. The van der Waals surface area contributed by atoms with Crippen molar-refractivity contribution in [3.05, 3.63) is 12.2 Å². The summed E-state index contributed by atoms with van der Waals surface area (Å²) in [5, 5.41) is 9.79. The molecule has 0 aromatic carbocycles. The van der Waals surface area contributed by atoms with E-state index in [0.717, 1.165) is 5.57 Å². The molecule has 0 fully saturated rings. The lowest BCUT2D eigenvalue weighted by Gasteiger charge is -2.10. The summed E-state index contributed by atoms with van der Waals surface area (Å²) >= 11 is 0. The first kappa shape index (κ1) is 12.6. The van der Waals surface area contributed by atoms with Crippen LogP contribution >= 0.6 is 0 Å². The van der Waals surface area contributed by atoms with Crippen molar-refractivity contribution in [3.8, 4) is 0 Å². The van der Waals surface area contributed by atoms with Crippen LogP contribution in [0.2, 0.25) is 0 Å². The van der Waals surface area contributed by atoms with E-state index < -0.39 is 0 Å². The quantitative estimate of drug-likeness (QED) is 0.516. The second kappa shape index (κ2) is 6.07. The third-order valence-electron chi connectivity index (χ3n) is 1.71. The van der Waals surface area contributed by atoms with E-state index in [1.165, 1.54) is 6.92 Å². The molecule has 0 saturated heterocycles. The maximum atomic E-state index is 10.6.